The molecule has 0 aliphatic heterocycles. The fourth-order valence-electron chi connectivity index (χ4n) is 2.66. The summed E-state index contributed by atoms with van der Waals surface area (Å²) < 4.78 is 10.6. The molecular formula is C23H21NO4. The summed E-state index contributed by atoms with van der Waals surface area (Å²) in [6.45, 7) is 2.37. The highest BCUT2D eigenvalue weighted by molar-refractivity contribution is 6.05. The molecule has 0 saturated heterocycles. The van der Waals surface area contributed by atoms with E-state index in [1.54, 1.807) is 24.3 Å². The van der Waals surface area contributed by atoms with E-state index >= 15 is 0 Å². The van der Waals surface area contributed by atoms with Gasteiger partial charge in [0.25, 0.3) is 5.91 Å². The fourth-order valence-corrected chi connectivity index (χ4v) is 2.66. The summed E-state index contributed by atoms with van der Waals surface area (Å²) in [5.74, 6) is -0.129. The Balaban J connectivity index is 1.74. The standard InChI is InChI=1S/C23H21NO4/c1-16-8-13-20(21(14-16)28-15-17-6-4-3-5-7-17)24-22(25)18-9-11-19(12-10-18)23(26)27-2/h3-14H,15H2,1-2H3,(H,24,25). The average molecular weight is 375 g/mol. The number of nitrogens with one attached hydrogen (secondary N) is 1. The monoisotopic (exact) mass is 375 g/mol. The molecule has 1 N–H and O–H groups in total. The number of aryl methyl sites for hydroxylation is 1. The van der Waals surface area contributed by atoms with Gasteiger partial charge >= 0.3 is 5.97 Å². The average Bonchev–Trinajstić information content (AvgIpc) is 2.74. The molecule has 0 saturated carbocycles. The minimum atomic E-state index is -0.443. The van der Waals surface area contributed by atoms with Crippen molar-refractivity contribution in [1.29, 1.82) is 0 Å². The van der Waals surface area contributed by atoms with E-state index in [9.17, 15) is 9.59 Å². The first kappa shape index (κ1) is 19.2. The zero-order valence-corrected chi connectivity index (χ0v) is 15.8. The third kappa shape index (κ3) is 4.76. The number of hydrogen-bond acceptors (Lipinski definition) is 4. The van der Waals surface area contributed by atoms with Crippen LogP contribution in [-0.4, -0.2) is 19.0 Å². The Bertz CT molecular complexity index is 966. The molecule has 3 aromatic carbocycles. The highest BCUT2D eigenvalue weighted by Crippen LogP contribution is 2.27. The van der Waals surface area contributed by atoms with Crippen molar-refractivity contribution in [2.75, 3.05) is 12.4 Å². The molecule has 0 aromatic heterocycles. The summed E-state index contributed by atoms with van der Waals surface area (Å²) >= 11 is 0. The zero-order valence-electron chi connectivity index (χ0n) is 15.8. The number of hydrogen-bond donors (Lipinski definition) is 1. The second-order valence-corrected chi connectivity index (χ2v) is 6.30. The Kier molecular flexibility index (Phi) is 6.07. The highest BCUT2D eigenvalue weighted by atomic mass is 16.5. The Morgan fingerprint density at radius 1 is 0.893 bits per heavy atom. The molecule has 0 spiro atoms. The lowest BCUT2D eigenvalue weighted by Gasteiger charge is -2.14. The van der Waals surface area contributed by atoms with Gasteiger partial charge in [0.15, 0.2) is 0 Å². The summed E-state index contributed by atoms with van der Waals surface area (Å²) in [7, 11) is 1.32. The number of benzene rings is 3. The maximum Gasteiger partial charge on any atom is 0.337 e. The van der Waals surface area contributed by atoms with Crippen LogP contribution in [0.15, 0.2) is 72.8 Å². The predicted octanol–water partition coefficient (Wildman–Crippen LogP) is 4.61. The normalized spacial score (nSPS) is 10.2. The van der Waals surface area contributed by atoms with Gasteiger partial charge in [-0.25, -0.2) is 4.79 Å². The lowest BCUT2D eigenvalue weighted by Crippen LogP contribution is -2.13. The molecule has 142 valence electrons. The SMILES string of the molecule is COC(=O)c1ccc(C(=O)Nc2ccc(C)cc2OCc2ccccc2)cc1. The predicted molar refractivity (Wildman–Crippen MR) is 108 cm³/mol. The van der Waals surface area contributed by atoms with Crippen LogP contribution < -0.4 is 10.1 Å². The third-order valence-corrected chi connectivity index (χ3v) is 4.19. The van der Waals surface area contributed by atoms with E-state index in [1.165, 1.54) is 7.11 Å². The number of methoxy groups -OCH3 is 1. The van der Waals surface area contributed by atoms with E-state index in [2.05, 4.69) is 10.1 Å². The number of amides is 1. The molecule has 5 nitrogen and oxygen atoms in total. The number of ether oxygens (including phenoxy) is 2. The van der Waals surface area contributed by atoms with Gasteiger partial charge in [0.05, 0.1) is 18.4 Å². The molecule has 1 amide bonds. The van der Waals surface area contributed by atoms with Crippen molar-refractivity contribution >= 4 is 17.6 Å². The van der Waals surface area contributed by atoms with Gasteiger partial charge in [0.2, 0.25) is 0 Å². The highest BCUT2D eigenvalue weighted by Gasteiger charge is 2.12. The topological polar surface area (TPSA) is 64.6 Å². The van der Waals surface area contributed by atoms with Crippen molar-refractivity contribution < 1.29 is 19.1 Å². The Labute approximate surface area is 163 Å². The number of esters is 1. The van der Waals surface area contributed by atoms with E-state index < -0.39 is 5.97 Å². The van der Waals surface area contributed by atoms with Crippen LogP contribution in [0.5, 0.6) is 5.75 Å². The van der Waals surface area contributed by atoms with Crippen LogP contribution in [0, 0.1) is 6.92 Å². The van der Waals surface area contributed by atoms with Crippen molar-refractivity contribution in [2.45, 2.75) is 13.5 Å². The molecule has 5 heteroatoms. The van der Waals surface area contributed by atoms with Gasteiger partial charge in [-0.1, -0.05) is 36.4 Å². The molecule has 0 atom stereocenters. The Morgan fingerprint density at radius 2 is 1.57 bits per heavy atom. The maximum absolute atomic E-state index is 12.6. The first-order valence-electron chi connectivity index (χ1n) is 8.84. The number of anilines is 1. The van der Waals surface area contributed by atoms with Crippen molar-refractivity contribution in [3.8, 4) is 5.75 Å². The maximum atomic E-state index is 12.6. The smallest absolute Gasteiger partial charge is 0.337 e. The number of rotatable bonds is 6. The second kappa shape index (κ2) is 8.86. The van der Waals surface area contributed by atoms with Gasteiger partial charge in [-0.2, -0.15) is 0 Å². The van der Waals surface area contributed by atoms with E-state index in [0.717, 1.165) is 11.1 Å². The summed E-state index contributed by atoms with van der Waals surface area (Å²) in [5, 5.41) is 2.87. The summed E-state index contributed by atoms with van der Waals surface area (Å²) in [5.41, 5.74) is 3.48. The minimum Gasteiger partial charge on any atom is -0.487 e. The van der Waals surface area contributed by atoms with Crippen molar-refractivity contribution in [3.05, 3.63) is 95.1 Å². The van der Waals surface area contributed by atoms with Crippen LogP contribution in [0.25, 0.3) is 0 Å². The summed E-state index contributed by atoms with van der Waals surface area (Å²) in [6, 6.07) is 21.7. The molecule has 3 aromatic rings. The minimum absolute atomic E-state index is 0.287. The molecule has 0 fully saturated rings. The zero-order chi connectivity index (χ0) is 19.9. The first-order chi connectivity index (χ1) is 13.6. The molecular weight excluding hydrogens is 354 g/mol. The molecule has 0 aliphatic rings. The molecule has 0 bridgehead atoms. The van der Waals surface area contributed by atoms with E-state index in [4.69, 9.17) is 4.74 Å². The number of carbonyl (C=O) groups excluding carboxylic acids is 2. The fraction of sp³-hybridized carbons (Fsp3) is 0.130. The van der Waals surface area contributed by atoms with Crippen LogP contribution in [-0.2, 0) is 11.3 Å². The lowest BCUT2D eigenvalue weighted by molar-refractivity contribution is 0.0600. The van der Waals surface area contributed by atoms with E-state index in [-0.39, 0.29) is 5.91 Å². The van der Waals surface area contributed by atoms with Gasteiger partial charge in [0.1, 0.15) is 12.4 Å². The third-order valence-electron chi connectivity index (χ3n) is 4.19. The molecule has 0 radical (unpaired) electrons. The second-order valence-electron chi connectivity index (χ2n) is 6.30. The molecule has 3 rings (SSSR count). The van der Waals surface area contributed by atoms with Crippen molar-refractivity contribution in [3.63, 3.8) is 0 Å². The van der Waals surface area contributed by atoms with Gasteiger partial charge < -0.3 is 14.8 Å². The van der Waals surface area contributed by atoms with Crippen LogP contribution >= 0.6 is 0 Å². The molecule has 28 heavy (non-hydrogen) atoms. The lowest BCUT2D eigenvalue weighted by atomic mass is 10.1. The van der Waals surface area contributed by atoms with Gasteiger partial charge in [-0.15, -0.1) is 0 Å². The van der Waals surface area contributed by atoms with Crippen molar-refractivity contribution in [2.24, 2.45) is 0 Å². The van der Waals surface area contributed by atoms with Gasteiger partial charge in [0, 0.05) is 5.56 Å². The molecule has 0 aliphatic carbocycles. The summed E-state index contributed by atoms with van der Waals surface area (Å²) in [6.07, 6.45) is 0. The van der Waals surface area contributed by atoms with E-state index in [0.29, 0.717) is 29.2 Å². The Hall–Kier alpha value is -3.60. The quantitative estimate of drug-likeness (QED) is 0.639. The van der Waals surface area contributed by atoms with Crippen LogP contribution in [0.3, 0.4) is 0 Å². The van der Waals surface area contributed by atoms with Crippen LogP contribution in [0.2, 0.25) is 0 Å². The largest absolute Gasteiger partial charge is 0.487 e. The van der Waals surface area contributed by atoms with Crippen molar-refractivity contribution in [1.82, 2.24) is 0 Å². The molecule has 0 heterocycles. The van der Waals surface area contributed by atoms with Gasteiger partial charge in [-0.3, -0.25) is 4.79 Å². The van der Waals surface area contributed by atoms with Gasteiger partial charge in [-0.05, 0) is 54.4 Å². The van der Waals surface area contributed by atoms with Crippen LogP contribution in [0.1, 0.15) is 31.8 Å². The van der Waals surface area contributed by atoms with E-state index in [1.807, 2.05) is 55.5 Å². The van der Waals surface area contributed by atoms with Crippen LogP contribution in [0.4, 0.5) is 5.69 Å². The first-order valence-corrected chi connectivity index (χ1v) is 8.84. The summed E-state index contributed by atoms with van der Waals surface area (Å²) in [4.78, 5) is 24.1. The number of carbonyl (C=O) groups is 2. The molecule has 0 unspecified atom stereocenters. The Morgan fingerprint density at radius 3 is 2.25 bits per heavy atom.